The minimum Gasteiger partial charge on any atom is -0.460 e. The number of ether oxygens (including phenoxy) is 2. The summed E-state index contributed by atoms with van der Waals surface area (Å²) in [6.07, 6.45) is 5.47. The van der Waals surface area contributed by atoms with Crippen molar-refractivity contribution in [2.75, 3.05) is 6.54 Å². The lowest BCUT2D eigenvalue weighted by Crippen LogP contribution is -2.53. The lowest BCUT2D eigenvalue weighted by atomic mass is 9.55. The first-order chi connectivity index (χ1) is 19.4. The summed E-state index contributed by atoms with van der Waals surface area (Å²) >= 11 is 0. The molecule has 0 aliphatic heterocycles. The number of carbonyl (C=O) groups is 3. The molecular formula is C32H37N3O5. The van der Waals surface area contributed by atoms with Crippen LogP contribution in [-0.2, 0) is 32.1 Å². The smallest absolute Gasteiger partial charge is 0.408 e. The molecule has 7 rings (SSSR count). The van der Waals surface area contributed by atoms with Gasteiger partial charge >= 0.3 is 12.1 Å². The van der Waals surface area contributed by atoms with Gasteiger partial charge in [0.15, 0.2) is 0 Å². The van der Waals surface area contributed by atoms with Crippen LogP contribution in [0.5, 0.6) is 0 Å². The van der Waals surface area contributed by atoms with E-state index in [0.717, 1.165) is 65.2 Å². The Bertz CT molecular complexity index is 1360. The van der Waals surface area contributed by atoms with E-state index in [1.807, 2.05) is 61.5 Å². The minimum atomic E-state index is -0.913. The van der Waals surface area contributed by atoms with E-state index in [1.54, 1.807) is 0 Å². The number of H-pyrrole nitrogens is 1. The van der Waals surface area contributed by atoms with Crippen LogP contribution in [0.25, 0.3) is 10.9 Å². The standard InChI is InChI=1S/C32H37N3O5/c1-19-26(25-9-5-6-10-27(25)34-19)16-28(31(37)33-17-29(36)39-18-20-7-3-2-4-8-20)35-32(38)40-30-23-12-21-11-22(14-23)15-24(30)13-21/h2-10,21-24,28,30,34H,11-18H2,1H3,(H,33,37)(H,35,38)/t21?,22?,23?,24?,28-,30?/m1/s1. The second kappa shape index (κ2) is 11.4. The van der Waals surface area contributed by atoms with Crippen molar-refractivity contribution < 1.29 is 23.9 Å². The van der Waals surface area contributed by atoms with E-state index in [9.17, 15) is 14.4 Å². The third kappa shape index (κ3) is 5.71. The highest BCUT2D eigenvalue weighted by molar-refractivity contribution is 5.90. The van der Waals surface area contributed by atoms with Crippen LogP contribution in [0.15, 0.2) is 54.6 Å². The Morgan fingerprint density at radius 1 is 0.925 bits per heavy atom. The zero-order valence-electron chi connectivity index (χ0n) is 22.9. The molecule has 210 valence electrons. The molecule has 4 aliphatic carbocycles. The second-order valence-electron chi connectivity index (χ2n) is 11.8. The Hall–Kier alpha value is -3.81. The number of hydrogen-bond acceptors (Lipinski definition) is 5. The van der Waals surface area contributed by atoms with Gasteiger partial charge in [0.05, 0.1) is 0 Å². The van der Waals surface area contributed by atoms with Crippen LogP contribution in [0, 0.1) is 30.6 Å². The molecule has 3 aromatic rings. The van der Waals surface area contributed by atoms with E-state index in [2.05, 4.69) is 15.6 Å². The molecule has 0 spiro atoms. The van der Waals surface area contributed by atoms with E-state index in [1.165, 1.54) is 6.42 Å². The third-order valence-corrected chi connectivity index (χ3v) is 9.08. The van der Waals surface area contributed by atoms with Gasteiger partial charge in [-0.15, -0.1) is 0 Å². The predicted octanol–water partition coefficient (Wildman–Crippen LogP) is 4.80. The molecule has 1 aromatic heterocycles. The number of aromatic nitrogens is 1. The minimum absolute atomic E-state index is 0.0840. The average molecular weight is 544 g/mol. The Morgan fingerprint density at radius 2 is 1.60 bits per heavy atom. The number of rotatable bonds is 9. The number of amides is 2. The lowest BCUT2D eigenvalue weighted by molar-refractivity contribution is -0.145. The Kier molecular flexibility index (Phi) is 7.50. The van der Waals surface area contributed by atoms with Crippen molar-refractivity contribution in [1.82, 2.24) is 15.6 Å². The van der Waals surface area contributed by atoms with Crippen molar-refractivity contribution in [2.45, 2.75) is 64.2 Å². The number of benzene rings is 2. The van der Waals surface area contributed by atoms with Gasteiger partial charge in [0.1, 0.15) is 25.3 Å². The number of para-hydroxylation sites is 1. The summed E-state index contributed by atoms with van der Waals surface area (Å²) in [6.45, 7) is 1.79. The zero-order chi connectivity index (χ0) is 27.6. The highest BCUT2D eigenvalue weighted by Crippen LogP contribution is 2.54. The molecule has 3 N–H and O–H groups in total. The van der Waals surface area contributed by atoms with E-state index in [4.69, 9.17) is 9.47 Å². The first-order valence-corrected chi connectivity index (χ1v) is 14.4. The van der Waals surface area contributed by atoms with Gasteiger partial charge in [0, 0.05) is 23.0 Å². The van der Waals surface area contributed by atoms with Gasteiger partial charge in [-0.05, 0) is 79.9 Å². The van der Waals surface area contributed by atoms with Crippen LogP contribution in [0.2, 0.25) is 0 Å². The number of fused-ring (bicyclic) bond motifs is 1. The quantitative estimate of drug-likeness (QED) is 0.336. The molecule has 40 heavy (non-hydrogen) atoms. The Labute approximate surface area is 234 Å². The monoisotopic (exact) mass is 543 g/mol. The maximum absolute atomic E-state index is 13.4. The number of esters is 1. The van der Waals surface area contributed by atoms with Gasteiger partial charge in [-0.25, -0.2) is 4.79 Å². The molecule has 2 aromatic carbocycles. The van der Waals surface area contributed by atoms with Crippen molar-refractivity contribution in [3.05, 3.63) is 71.4 Å². The van der Waals surface area contributed by atoms with Crippen molar-refractivity contribution in [2.24, 2.45) is 23.7 Å². The topological polar surface area (TPSA) is 110 Å². The third-order valence-electron chi connectivity index (χ3n) is 9.08. The Balaban J connectivity index is 1.12. The lowest BCUT2D eigenvalue weighted by Gasteiger charge is -2.53. The first-order valence-electron chi connectivity index (χ1n) is 14.4. The van der Waals surface area contributed by atoms with E-state index in [-0.39, 0.29) is 25.7 Å². The highest BCUT2D eigenvalue weighted by atomic mass is 16.6. The summed E-state index contributed by atoms with van der Waals surface area (Å²) in [5.41, 5.74) is 3.70. The molecule has 1 atom stereocenters. The molecule has 0 unspecified atom stereocenters. The normalized spacial score (nSPS) is 25.4. The molecule has 4 aliphatic rings. The SMILES string of the molecule is Cc1[nH]c2ccccc2c1C[C@@H](NC(=O)OC1C2CC3CC(C2)CC1C3)C(=O)NCC(=O)OCc1ccccc1. The van der Waals surface area contributed by atoms with E-state index < -0.39 is 24.0 Å². The van der Waals surface area contributed by atoms with Crippen LogP contribution in [0.4, 0.5) is 4.79 Å². The Morgan fingerprint density at radius 3 is 2.33 bits per heavy atom. The van der Waals surface area contributed by atoms with Gasteiger partial charge in [0.25, 0.3) is 0 Å². The van der Waals surface area contributed by atoms with Crippen molar-refractivity contribution >= 4 is 28.9 Å². The van der Waals surface area contributed by atoms with Crippen LogP contribution < -0.4 is 10.6 Å². The van der Waals surface area contributed by atoms with Gasteiger partial charge in [0.2, 0.25) is 5.91 Å². The molecule has 2 amide bonds. The second-order valence-corrected chi connectivity index (χ2v) is 11.8. The molecular weight excluding hydrogens is 506 g/mol. The fourth-order valence-corrected chi connectivity index (χ4v) is 7.45. The summed E-state index contributed by atoms with van der Waals surface area (Å²) in [4.78, 5) is 42.3. The molecule has 4 bridgehead atoms. The number of aryl methyl sites for hydroxylation is 1. The number of hydrogen-bond donors (Lipinski definition) is 3. The summed E-state index contributed by atoms with van der Waals surface area (Å²) in [7, 11) is 0. The average Bonchev–Trinajstić information content (AvgIpc) is 3.27. The number of carbonyl (C=O) groups excluding carboxylic acids is 3. The van der Waals surface area contributed by atoms with Crippen molar-refractivity contribution in [3.8, 4) is 0 Å². The predicted molar refractivity (Wildman–Crippen MR) is 150 cm³/mol. The molecule has 0 radical (unpaired) electrons. The molecule has 0 saturated heterocycles. The van der Waals surface area contributed by atoms with Crippen molar-refractivity contribution in [3.63, 3.8) is 0 Å². The van der Waals surface area contributed by atoms with E-state index >= 15 is 0 Å². The van der Waals surface area contributed by atoms with Gasteiger partial charge in [-0.3, -0.25) is 9.59 Å². The zero-order valence-corrected chi connectivity index (χ0v) is 22.9. The van der Waals surface area contributed by atoms with Crippen LogP contribution in [-0.4, -0.2) is 41.6 Å². The number of aromatic amines is 1. The molecule has 8 heteroatoms. The summed E-state index contributed by atoms with van der Waals surface area (Å²) in [5.74, 6) is 1.39. The summed E-state index contributed by atoms with van der Waals surface area (Å²) in [5, 5.41) is 6.51. The molecule has 4 saturated carbocycles. The van der Waals surface area contributed by atoms with Crippen molar-refractivity contribution in [1.29, 1.82) is 0 Å². The van der Waals surface area contributed by atoms with Gasteiger partial charge in [-0.2, -0.15) is 0 Å². The molecule has 4 fully saturated rings. The fraction of sp³-hybridized carbons (Fsp3) is 0.469. The molecule has 8 nitrogen and oxygen atoms in total. The summed E-state index contributed by atoms with van der Waals surface area (Å²) < 4.78 is 11.3. The summed E-state index contributed by atoms with van der Waals surface area (Å²) in [6, 6.07) is 16.3. The fourth-order valence-electron chi connectivity index (χ4n) is 7.45. The van der Waals surface area contributed by atoms with Gasteiger partial charge in [-0.1, -0.05) is 48.5 Å². The first kappa shape index (κ1) is 26.4. The number of alkyl carbamates (subject to hydrolysis) is 1. The van der Waals surface area contributed by atoms with Gasteiger partial charge < -0.3 is 25.1 Å². The maximum atomic E-state index is 13.4. The molecule has 1 heterocycles. The number of nitrogens with one attached hydrogen (secondary N) is 3. The maximum Gasteiger partial charge on any atom is 0.408 e. The van der Waals surface area contributed by atoms with Crippen LogP contribution >= 0.6 is 0 Å². The van der Waals surface area contributed by atoms with E-state index in [0.29, 0.717) is 11.8 Å². The largest absolute Gasteiger partial charge is 0.460 e. The highest BCUT2D eigenvalue weighted by Gasteiger charge is 2.50. The van der Waals surface area contributed by atoms with Crippen LogP contribution in [0.1, 0.15) is 48.9 Å². The van der Waals surface area contributed by atoms with Crippen LogP contribution in [0.3, 0.4) is 0 Å².